The first-order chi connectivity index (χ1) is 19.9. The molecule has 3 heterocycles. The highest BCUT2D eigenvalue weighted by atomic mass is 35.5. The van der Waals surface area contributed by atoms with E-state index in [4.69, 9.17) is 21.3 Å². The number of anilines is 1. The molecule has 5 aromatic rings. The van der Waals surface area contributed by atoms with E-state index in [-0.39, 0.29) is 11.1 Å². The smallest absolute Gasteiger partial charge is 0.227 e. The minimum atomic E-state index is -1.10. The predicted molar refractivity (Wildman–Crippen MR) is 157 cm³/mol. The molecule has 0 unspecified atom stereocenters. The van der Waals surface area contributed by atoms with Gasteiger partial charge in [0.15, 0.2) is 17.0 Å². The van der Waals surface area contributed by atoms with Crippen LogP contribution < -0.4 is 5.32 Å². The first-order valence-electron chi connectivity index (χ1n) is 13.7. The molecule has 0 amide bonds. The molecule has 6 rings (SSSR count). The van der Waals surface area contributed by atoms with Gasteiger partial charge in [0.1, 0.15) is 29.4 Å². The summed E-state index contributed by atoms with van der Waals surface area (Å²) in [5.74, 6) is -0.176. The molecule has 0 bridgehead atoms. The van der Waals surface area contributed by atoms with Gasteiger partial charge in [0, 0.05) is 5.92 Å². The summed E-state index contributed by atoms with van der Waals surface area (Å²) in [6.45, 7) is 2.95. The van der Waals surface area contributed by atoms with Crippen molar-refractivity contribution < 1.29 is 14.2 Å². The van der Waals surface area contributed by atoms with Crippen LogP contribution >= 0.6 is 11.6 Å². The molecule has 3 aromatic carbocycles. The Bertz CT molecular complexity index is 1530. The van der Waals surface area contributed by atoms with Crippen molar-refractivity contribution in [1.29, 1.82) is 0 Å². The maximum absolute atomic E-state index is 14.2. The average molecular weight is 572 g/mol. The second kappa shape index (κ2) is 10.9. The van der Waals surface area contributed by atoms with E-state index in [0.29, 0.717) is 17.6 Å². The van der Waals surface area contributed by atoms with Gasteiger partial charge in [-0.2, -0.15) is 9.97 Å². The molecule has 7 nitrogen and oxygen atoms in total. The molecule has 0 radical (unpaired) electrons. The molecule has 1 aliphatic heterocycles. The highest BCUT2D eigenvalue weighted by molar-refractivity contribution is 6.33. The predicted octanol–water partition coefficient (Wildman–Crippen LogP) is 6.53. The maximum Gasteiger partial charge on any atom is 0.227 e. The van der Waals surface area contributed by atoms with Gasteiger partial charge < -0.3 is 15.2 Å². The number of halogens is 2. The number of aliphatic hydroxyl groups is 1. The molecule has 1 fully saturated rings. The normalized spacial score (nSPS) is 22.7. The Balaban J connectivity index is 1.52. The molecule has 0 spiro atoms. The van der Waals surface area contributed by atoms with Crippen LogP contribution in [0.5, 0.6) is 0 Å². The molecule has 41 heavy (non-hydrogen) atoms. The fourth-order valence-electron chi connectivity index (χ4n) is 5.92. The van der Waals surface area contributed by atoms with Crippen LogP contribution in [0.2, 0.25) is 5.15 Å². The number of rotatable bonds is 8. The maximum atomic E-state index is 14.2. The van der Waals surface area contributed by atoms with Gasteiger partial charge in [-0.3, -0.25) is 4.57 Å². The Hall–Kier alpha value is -3.85. The van der Waals surface area contributed by atoms with Gasteiger partial charge in [-0.05, 0) is 23.1 Å². The summed E-state index contributed by atoms with van der Waals surface area (Å²) in [4.78, 5) is 13.9. The van der Waals surface area contributed by atoms with Crippen LogP contribution in [0.15, 0.2) is 97.3 Å². The largest absolute Gasteiger partial charge is 0.388 e. The standard InChI is InChI=1S/C32H31ClFN5O2/c1-3-31(19-34)21(2)26(40)29(41-31)39-20-35-25-27(33)36-30(37-28(25)39)38-32(22-13-7-4-8-14-22,23-15-9-5-10-16-23)24-17-11-6-12-18-24/h4-18,20-21,26,29,40H,3,19H2,1-2H3,(H,36,37,38)/t21-,26+,29+,31-/m0/s1. The monoisotopic (exact) mass is 571 g/mol. The first kappa shape index (κ1) is 27.3. The quantitative estimate of drug-likeness (QED) is 0.163. The summed E-state index contributed by atoms with van der Waals surface area (Å²) < 4.78 is 22.0. The molecule has 1 aliphatic rings. The van der Waals surface area contributed by atoms with Gasteiger partial charge in [-0.1, -0.05) is 116 Å². The zero-order chi connectivity index (χ0) is 28.6. The van der Waals surface area contributed by atoms with Crippen LogP contribution in [0.4, 0.5) is 10.3 Å². The Kier molecular flexibility index (Phi) is 7.23. The van der Waals surface area contributed by atoms with Gasteiger partial charge in [0.25, 0.3) is 0 Å². The fraction of sp³-hybridized carbons (Fsp3) is 0.281. The van der Waals surface area contributed by atoms with Crippen molar-refractivity contribution in [1.82, 2.24) is 19.5 Å². The summed E-state index contributed by atoms with van der Waals surface area (Å²) in [6, 6.07) is 30.2. The summed E-state index contributed by atoms with van der Waals surface area (Å²) in [6.07, 6.45) is 0.0801. The van der Waals surface area contributed by atoms with Gasteiger partial charge >= 0.3 is 0 Å². The van der Waals surface area contributed by atoms with E-state index >= 15 is 0 Å². The third-order valence-corrected chi connectivity index (χ3v) is 8.65. The molecule has 9 heteroatoms. The number of ether oxygens (including phenoxy) is 1. The van der Waals surface area contributed by atoms with E-state index in [9.17, 15) is 9.50 Å². The molecular weight excluding hydrogens is 541 g/mol. The Morgan fingerprint density at radius 3 is 1.95 bits per heavy atom. The number of aliphatic hydroxyl groups excluding tert-OH is 1. The van der Waals surface area contributed by atoms with Crippen molar-refractivity contribution >= 4 is 28.7 Å². The van der Waals surface area contributed by atoms with Crippen molar-refractivity contribution in [3.05, 3.63) is 119 Å². The lowest BCUT2D eigenvalue weighted by Gasteiger charge is -2.37. The van der Waals surface area contributed by atoms with Gasteiger partial charge in [-0.25, -0.2) is 9.37 Å². The Morgan fingerprint density at radius 1 is 0.951 bits per heavy atom. The van der Waals surface area contributed by atoms with Crippen molar-refractivity contribution in [3.8, 4) is 0 Å². The van der Waals surface area contributed by atoms with Crippen molar-refractivity contribution in [3.63, 3.8) is 0 Å². The minimum Gasteiger partial charge on any atom is -0.388 e. The minimum absolute atomic E-state index is 0.145. The second-order valence-corrected chi connectivity index (χ2v) is 10.8. The van der Waals surface area contributed by atoms with E-state index in [1.165, 1.54) is 6.33 Å². The van der Waals surface area contributed by atoms with Crippen molar-refractivity contribution in [2.24, 2.45) is 5.92 Å². The average Bonchev–Trinajstić information content (AvgIpc) is 3.56. The Morgan fingerprint density at radius 2 is 1.49 bits per heavy atom. The Labute approximate surface area is 243 Å². The lowest BCUT2D eigenvalue weighted by molar-refractivity contribution is -0.103. The number of fused-ring (bicyclic) bond motifs is 1. The highest BCUT2D eigenvalue weighted by Gasteiger charge is 2.52. The zero-order valence-electron chi connectivity index (χ0n) is 22.8. The lowest BCUT2D eigenvalue weighted by atomic mass is 9.77. The van der Waals surface area contributed by atoms with Gasteiger partial charge in [-0.15, -0.1) is 0 Å². The number of aromatic nitrogens is 4. The second-order valence-electron chi connectivity index (χ2n) is 10.5. The van der Waals surface area contributed by atoms with E-state index in [1.54, 1.807) is 11.5 Å². The number of alkyl halides is 1. The molecule has 0 aliphatic carbocycles. The number of benzene rings is 3. The number of imidazole rings is 1. The van der Waals surface area contributed by atoms with E-state index < -0.39 is 36.1 Å². The number of nitrogens with one attached hydrogen (secondary N) is 1. The molecular formula is C32H31ClFN5O2. The molecule has 2 aromatic heterocycles. The summed E-state index contributed by atoms with van der Waals surface area (Å²) in [5.41, 5.74) is 1.69. The molecule has 1 saturated heterocycles. The third-order valence-electron chi connectivity index (χ3n) is 8.39. The number of hydrogen-bond acceptors (Lipinski definition) is 6. The first-order valence-corrected chi connectivity index (χ1v) is 14.1. The summed E-state index contributed by atoms with van der Waals surface area (Å²) in [7, 11) is 0. The topological polar surface area (TPSA) is 85.1 Å². The van der Waals surface area contributed by atoms with Crippen molar-refractivity contribution in [2.75, 3.05) is 12.0 Å². The highest BCUT2D eigenvalue weighted by Crippen LogP contribution is 2.45. The number of hydrogen-bond donors (Lipinski definition) is 2. The van der Waals surface area contributed by atoms with Gasteiger partial charge in [0.2, 0.25) is 5.95 Å². The van der Waals surface area contributed by atoms with E-state index in [1.807, 2.05) is 61.5 Å². The molecule has 210 valence electrons. The van der Waals surface area contributed by atoms with Crippen LogP contribution in [-0.2, 0) is 10.3 Å². The van der Waals surface area contributed by atoms with Crippen LogP contribution in [0, 0.1) is 5.92 Å². The van der Waals surface area contributed by atoms with Crippen LogP contribution in [-0.4, -0.2) is 43.0 Å². The van der Waals surface area contributed by atoms with Crippen molar-refractivity contribution in [2.45, 2.75) is 43.7 Å². The fourth-order valence-corrected chi connectivity index (χ4v) is 6.14. The van der Waals surface area contributed by atoms with Gasteiger partial charge in [0.05, 0.1) is 6.33 Å². The number of nitrogens with zero attached hydrogens (tertiary/aromatic N) is 4. The van der Waals surface area contributed by atoms with Crippen LogP contribution in [0.3, 0.4) is 0 Å². The van der Waals surface area contributed by atoms with E-state index in [2.05, 4.69) is 51.7 Å². The molecule has 4 atom stereocenters. The molecule has 0 saturated carbocycles. The SMILES string of the molecule is CC[C@@]1(CF)O[C@@H](n2cnc3c(Cl)nc(NC(c4ccccc4)(c4ccccc4)c4ccccc4)nc32)[C@H](O)[C@@H]1C. The summed E-state index contributed by atoms with van der Waals surface area (Å²) in [5, 5.41) is 14.9. The van der Waals surface area contributed by atoms with Crippen LogP contribution in [0.1, 0.15) is 43.2 Å². The van der Waals surface area contributed by atoms with Crippen LogP contribution in [0.25, 0.3) is 11.2 Å². The van der Waals surface area contributed by atoms with E-state index in [0.717, 1.165) is 16.7 Å². The third kappa shape index (κ3) is 4.47. The summed E-state index contributed by atoms with van der Waals surface area (Å²) >= 11 is 6.69. The molecule has 2 N–H and O–H groups in total. The lowest BCUT2D eigenvalue weighted by Crippen LogP contribution is -2.38. The zero-order valence-corrected chi connectivity index (χ0v) is 23.5.